The fourth-order valence-corrected chi connectivity index (χ4v) is 2.29. The van der Waals surface area contributed by atoms with E-state index in [2.05, 4.69) is 49.0 Å². The van der Waals surface area contributed by atoms with Crippen LogP contribution < -0.4 is 0 Å². The number of hydrogen-bond acceptors (Lipinski definition) is 1. The van der Waals surface area contributed by atoms with Gasteiger partial charge in [0.2, 0.25) is 0 Å². The lowest BCUT2D eigenvalue weighted by Gasteiger charge is -2.07. The van der Waals surface area contributed by atoms with Gasteiger partial charge in [0.25, 0.3) is 0 Å². The van der Waals surface area contributed by atoms with E-state index in [1.54, 1.807) is 0 Å². The molecule has 2 aromatic rings. The summed E-state index contributed by atoms with van der Waals surface area (Å²) in [5, 5.41) is 0. The normalized spacial score (nSPS) is 10.2. The maximum atomic E-state index is 5.14. The van der Waals surface area contributed by atoms with Gasteiger partial charge in [-0.1, -0.05) is 66.8 Å². The van der Waals surface area contributed by atoms with Crippen molar-refractivity contribution < 1.29 is 0 Å². The van der Waals surface area contributed by atoms with Crippen LogP contribution in [0.2, 0.25) is 0 Å². The van der Waals surface area contributed by atoms with Crippen molar-refractivity contribution in [2.45, 2.75) is 12.8 Å². The number of hydrogen-bond donors (Lipinski definition) is 1. The predicted octanol–water partition coefficient (Wildman–Crippen LogP) is 4.08. The van der Waals surface area contributed by atoms with Crippen LogP contribution >= 0.6 is 24.8 Å². The van der Waals surface area contributed by atoms with Crippen LogP contribution in [0.1, 0.15) is 16.7 Å². The van der Waals surface area contributed by atoms with Gasteiger partial charge in [0.1, 0.15) is 0 Å². The second-order valence-corrected chi connectivity index (χ2v) is 5.11. The Labute approximate surface area is 113 Å². The van der Waals surface area contributed by atoms with E-state index in [0.29, 0.717) is 4.20 Å². The fourth-order valence-electron chi connectivity index (χ4n) is 1.87. The van der Waals surface area contributed by atoms with E-state index in [0.717, 1.165) is 18.4 Å². The summed E-state index contributed by atoms with van der Waals surface area (Å²) in [6.45, 7) is 0. The van der Waals surface area contributed by atoms with Gasteiger partial charge in [0.15, 0.2) is 0 Å². The highest BCUT2D eigenvalue weighted by atomic mass is 32.1. The van der Waals surface area contributed by atoms with Gasteiger partial charge < -0.3 is 0 Å². The first-order valence-electron chi connectivity index (χ1n) is 5.62. The Kier molecular flexibility index (Phi) is 4.35. The van der Waals surface area contributed by atoms with E-state index in [9.17, 15) is 0 Å². The van der Waals surface area contributed by atoms with Gasteiger partial charge in [-0.25, -0.2) is 0 Å². The molecule has 0 aliphatic heterocycles. The van der Waals surface area contributed by atoms with Gasteiger partial charge in [-0.3, -0.25) is 0 Å². The Morgan fingerprint density at radius 1 is 0.882 bits per heavy atom. The average Bonchev–Trinajstić information content (AvgIpc) is 2.38. The van der Waals surface area contributed by atoms with Crippen molar-refractivity contribution in [2.75, 3.05) is 0 Å². The molecule has 2 heteroatoms. The minimum absolute atomic E-state index is 0.675. The molecule has 0 spiro atoms. The minimum Gasteiger partial charge on any atom is -0.131 e. The summed E-state index contributed by atoms with van der Waals surface area (Å²) < 4.78 is 0.675. The second-order valence-electron chi connectivity index (χ2n) is 3.95. The summed E-state index contributed by atoms with van der Waals surface area (Å²) in [4.78, 5) is 0. The van der Waals surface area contributed by atoms with Crippen molar-refractivity contribution in [3.05, 3.63) is 71.3 Å². The molecule has 0 aliphatic rings. The highest BCUT2D eigenvalue weighted by Gasteiger charge is 2.04. The molecular weight excluding hydrogens is 244 g/mol. The molecule has 0 saturated heterocycles. The molecular formula is C15H14S2. The molecule has 0 radical (unpaired) electrons. The first-order valence-corrected chi connectivity index (χ1v) is 6.48. The lowest BCUT2D eigenvalue weighted by molar-refractivity contribution is 0.959. The third kappa shape index (κ3) is 3.42. The van der Waals surface area contributed by atoms with Crippen LogP contribution in [0.15, 0.2) is 54.6 Å². The van der Waals surface area contributed by atoms with E-state index >= 15 is 0 Å². The third-order valence-corrected chi connectivity index (χ3v) is 3.23. The van der Waals surface area contributed by atoms with Crippen molar-refractivity contribution in [1.82, 2.24) is 0 Å². The van der Waals surface area contributed by atoms with Crippen LogP contribution in [-0.2, 0) is 12.8 Å². The highest BCUT2D eigenvalue weighted by Crippen LogP contribution is 2.15. The van der Waals surface area contributed by atoms with Crippen molar-refractivity contribution >= 4 is 29.0 Å². The molecule has 86 valence electrons. The minimum atomic E-state index is 0.675. The van der Waals surface area contributed by atoms with Gasteiger partial charge in [0, 0.05) is 5.56 Å². The number of aryl methyl sites for hydroxylation is 2. The number of benzene rings is 2. The van der Waals surface area contributed by atoms with Crippen LogP contribution in [0, 0.1) is 0 Å². The van der Waals surface area contributed by atoms with E-state index in [-0.39, 0.29) is 0 Å². The van der Waals surface area contributed by atoms with E-state index in [4.69, 9.17) is 12.2 Å². The lowest BCUT2D eigenvalue weighted by atomic mass is 10.0. The molecule has 0 heterocycles. The van der Waals surface area contributed by atoms with Crippen molar-refractivity contribution in [1.29, 1.82) is 0 Å². The highest BCUT2D eigenvalue weighted by molar-refractivity contribution is 8.11. The zero-order valence-electron chi connectivity index (χ0n) is 9.47. The first kappa shape index (κ1) is 12.3. The van der Waals surface area contributed by atoms with Gasteiger partial charge in [-0.05, 0) is 24.0 Å². The summed E-state index contributed by atoms with van der Waals surface area (Å²) in [6, 6.07) is 18.7. The van der Waals surface area contributed by atoms with Crippen molar-refractivity contribution in [3.8, 4) is 0 Å². The standard InChI is InChI=1S/C15H14S2/c16-15(17)14-9-5-4-8-13(14)11-10-12-6-2-1-3-7-12/h1-9H,10-11H2,(H,16,17). The maximum absolute atomic E-state index is 5.14. The van der Waals surface area contributed by atoms with Gasteiger partial charge in [0.05, 0.1) is 4.20 Å². The lowest BCUT2D eigenvalue weighted by Crippen LogP contribution is -1.98. The Balaban J connectivity index is 2.12. The molecule has 0 aromatic heterocycles. The molecule has 0 N–H and O–H groups in total. The van der Waals surface area contributed by atoms with Gasteiger partial charge >= 0.3 is 0 Å². The maximum Gasteiger partial charge on any atom is 0.0750 e. The van der Waals surface area contributed by atoms with Crippen LogP contribution in [0.5, 0.6) is 0 Å². The third-order valence-electron chi connectivity index (χ3n) is 2.77. The first-order chi connectivity index (χ1) is 8.27. The number of rotatable bonds is 4. The van der Waals surface area contributed by atoms with Crippen LogP contribution in [0.3, 0.4) is 0 Å². The fraction of sp³-hybridized carbons (Fsp3) is 0.133. The summed E-state index contributed by atoms with van der Waals surface area (Å²) >= 11 is 9.41. The largest absolute Gasteiger partial charge is 0.131 e. The summed E-state index contributed by atoms with van der Waals surface area (Å²) in [5.74, 6) is 0. The van der Waals surface area contributed by atoms with Crippen LogP contribution in [0.4, 0.5) is 0 Å². The molecule has 0 nitrogen and oxygen atoms in total. The van der Waals surface area contributed by atoms with Gasteiger partial charge in [-0.2, -0.15) is 0 Å². The van der Waals surface area contributed by atoms with E-state index < -0.39 is 0 Å². The number of thiocarbonyl (C=S) groups is 1. The SMILES string of the molecule is S=C(S)c1ccccc1CCc1ccccc1. The van der Waals surface area contributed by atoms with Crippen molar-refractivity contribution in [2.24, 2.45) is 0 Å². The molecule has 2 aromatic carbocycles. The summed E-state index contributed by atoms with van der Waals surface area (Å²) in [6.07, 6.45) is 2.04. The quantitative estimate of drug-likeness (QED) is 0.637. The number of thiol groups is 1. The van der Waals surface area contributed by atoms with Crippen LogP contribution in [-0.4, -0.2) is 4.20 Å². The Morgan fingerprint density at radius 3 is 2.24 bits per heavy atom. The van der Waals surface area contributed by atoms with Crippen molar-refractivity contribution in [3.63, 3.8) is 0 Å². The molecule has 0 aliphatic carbocycles. The zero-order valence-corrected chi connectivity index (χ0v) is 11.2. The Bertz CT molecular complexity index is 503. The smallest absolute Gasteiger partial charge is 0.0750 e. The molecule has 2 rings (SSSR count). The Hall–Kier alpha value is -1.12. The predicted molar refractivity (Wildman–Crippen MR) is 81.0 cm³/mol. The topological polar surface area (TPSA) is 0 Å². The molecule has 0 amide bonds. The molecule has 0 saturated carbocycles. The average molecular weight is 258 g/mol. The molecule has 0 atom stereocenters. The molecule has 0 bridgehead atoms. The summed E-state index contributed by atoms with van der Waals surface area (Å²) in [5.41, 5.74) is 3.71. The van der Waals surface area contributed by atoms with E-state index in [1.807, 2.05) is 18.2 Å². The van der Waals surface area contributed by atoms with Gasteiger partial charge in [-0.15, -0.1) is 12.6 Å². The Morgan fingerprint density at radius 2 is 1.53 bits per heavy atom. The second kappa shape index (κ2) is 5.99. The molecule has 0 unspecified atom stereocenters. The molecule has 17 heavy (non-hydrogen) atoms. The summed E-state index contributed by atoms with van der Waals surface area (Å²) in [7, 11) is 0. The van der Waals surface area contributed by atoms with E-state index in [1.165, 1.54) is 11.1 Å². The monoisotopic (exact) mass is 258 g/mol. The zero-order chi connectivity index (χ0) is 12.1. The van der Waals surface area contributed by atoms with Crippen LogP contribution in [0.25, 0.3) is 0 Å². The molecule has 0 fully saturated rings.